The fourth-order valence-electron chi connectivity index (χ4n) is 2.69. The van der Waals surface area contributed by atoms with Crippen molar-refractivity contribution in [2.75, 3.05) is 4.90 Å². The Kier molecular flexibility index (Phi) is 2.40. The zero-order valence-corrected chi connectivity index (χ0v) is 9.79. The summed E-state index contributed by atoms with van der Waals surface area (Å²) in [6.07, 6.45) is -0.806. The summed E-state index contributed by atoms with van der Waals surface area (Å²) in [5, 5.41) is 0. The Morgan fingerprint density at radius 3 is 2.94 bits per heavy atom. The van der Waals surface area contributed by atoms with E-state index in [4.69, 9.17) is 0 Å². The van der Waals surface area contributed by atoms with E-state index in [0.29, 0.717) is 12.8 Å². The molecular formula is C12H11F2NOS. The van der Waals surface area contributed by atoms with Gasteiger partial charge in [0.1, 0.15) is 6.29 Å². The Balaban J connectivity index is 2.12. The van der Waals surface area contributed by atoms with Crippen molar-refractivity contribution in [3.63, 3.8) is 0 Å². The SMILES string of the molecule is O=CC1CCC2(C(F)F)Sc3ccccc3N12. The van der Waals surface area contributed by atoms with Gasteiger partial charge in [-0.15, -0.1) is 0 Å². The summed E-state index contributed by atoms with van der Waals surface area (Å²) in [4.78, 5) is 12.3. The molecule has 0 radical (unpaired) electrons. The van der Waals surface area contributed by atoms with Gasteiger partial charge in [-0.05, 0) is 25.0 Å². The van der Waals surface area contributed by atoms with E-state index >= 15 is 0 Å². The molecule has 2 heterocycles. The number of rotatable bonds is 2. The fraction of sp³-hybridized carbons (Fsp3) is 0.417. The Morgan fingerprint density at radius 1 is 1.47 bits per heavy atom. The van der Waals surface area contributed by atoms with E-state index in [0.717, 1.165) is 16.9 Å². The second-order valence-corrected chi connectivity index (χ2v) is 5.68. The molecule has 0 aliphatic carbocycles. The summed E-state index contributed by atoms with van der Waals surface area (Å²) in [7, 11) is 0. The van der Waals surface area contributed by atoms with Crippen LogP contribution in [0.2, 0.25) is 0 Å². The molecule has 0 N–H and O–H groups in total. The van der Waals surface area contributed by atoms with Crippen molar-refractivity contribution in [2.24, 2.45) is 0 Å². The highest BCUT2D eigenvalue weighted by molar-refractivity contribution is 8.01. The lowest BCUT2D eigenvalue weighted by Gasteiger charge is -2.33. The second kappa shape index (κ2) is 3.70. The molecule has 2 aliphatic heterocycles. The molecule has 0 spiro atoms. The number of benzene rings is 1. The zero-order valence-electron chi connectivity index (χ0n) is 8.98. The summed E-state index contributed by atoms with van der Waals surface area (Å²) in [6, 6.07) is 6.89. The highest BCUT2D eigenvalue weighted by atomic mass is 32.2. The predicted octanol–water partition coefficient (Wildman–Crippen LogP) is 2.92. The van der Waals surface area contributed by atoms with E-state index in [1.165, 1.54) is 11.8 Å². The Morgan fingerprint density at radius 2 is 2.24 bits per heavy atom. The van der Waals surface area contributed by atoms with Crippen LogP contribution in [0.25, 0.3) is 0 Å². The number of fused-ring (bicyclic) bond motifs is 3. The van der Waals surface area contributed by atoms with Crippen molar-refractivity contribution in [3.8, 4) is 0 Å². The van der Waals surface area contributed by atoms with Crippen LogP contribution in [0.4, 0.5) is 14.5 Å². The standard InChI is InChI=1S/C12H11F2NOS/c13-11(14)12-6-5-8(7-16)15(12)9-3-1-2-4-10(9)17-12/h1-4,7-8,11H,5-6H2. The first kappa shape index (κ1) is 11.0. The van der Waals surface area contributed by atoms with E-state index in [1.807, 2.05) is 24.3 Å². The van der Waals surface area contributed by atoms with Crippen LogP contribution in [0.15, 0.2) is 29.2 Å². The number of carbonyl (C=O) groups is 1. The molecule has 1 aromatic rings. The number of carbonyl (C=O) groups excluding carboxylic acids is 1. The topological polar surface area (TPSA) is 20.3 Å². The van der Waals surface area contributed by atoms with E-state index in [-0.39, 0.29) is 0 Å². The molecule has 2 aliphatic rings. The number of anilines is 1. The molecule has 17 heavy (non-hydrogen) atoms. The van der Waals surface area contributed by atoms with E-state index in [2.05, 4.69) is 0 Å². The van der Waals surface area contributed by atoms with Gasteiger partial charge in [0, 0.05) is 4.90 Å². The number of alkyl halides is 2. The summed E-state index contributed by atoms with van der Waals surface area (Å²) < 4.78 is 26.8. The molecule has 0 amide bonds. The summed E-state index contributed by atoms with van der Waals surface area (Å²) in [5.74, 6) is 0. The molecule has 0 aromatic heterocycles. The molecule has 1 saturated heterocycles. The molecule has 2 nitrogen and oxygen atoms in total. The number of hydrogen-bond acceptors (Lipinski definition) is 3. The normalized spacial score (nSPS) is 30.5. The van der Waals surface area contributed by atoms with Crippen LogP contribution in [0.1, 0.15) is 12.8 Å². The Bertz CT molecular complexity index is 468. The quantitative estimate of drug-likeness (QED) is 0.758. The minimum atomic E-state index is -2.45. The van der Waals surface area contributed by atoms with E-state index < -0.39 is 17.3 Å². The zero-order chi connectivity index (χ0) is 12.0. The molecule has 90 valence electrons. The summed E-state index contributed by atoms with van der Waals surface area (Å²) in [5.41, 5.74) is 0.771. The molecule has 2 unspecified atom stereocenters. The van der Waals surface area contributed by atoms with Gasteiger partial charge in [-0.25, -0.2) is 8.78 Å². The van der Waals surface area contributed by atoms with Crippen molar-refractivity contribution < 1.29 is 13.6 Å². The Labute approximate surface area is 102 Å². The summed E-state index contributed by atoms with van der Waals surface area (Å²) in [6.45, 7) is 0. The van der Waals surface area contributed by atoms with Gasteiger partial charge in [0.25, 0.3) is 6.43 Å². The number of hydrogen-bond donors (Lipinski definition) is 0. The Hall–Kier alpha value is -1.10. The van der Waals surface area contributed by atoms with Crippen molar-refractivity contribution >= 4 is 23.7 Å². The molecule has 1 aromatic carbocycles. The summed E-state index contributed by atoms with van der Waals surface area (Å²) >= 11 is 1.20. The average Bonchev–Trinajstić information content (AvgIpc) is 2.83. The van der Waals surface area contributed by atoms with Crippen LogP contribution in [0, 0.1) is 0 Å². The molecule has 1 fully saturated rings. The van der Waals surface area contributed by atoms with Gasteiger partial charge in [-0.3, -0.25) is 0 Å². The fourth-order valence-corrected chi connectivity index (χ4v) is 4.13. The number of thioether (sulfide) groups is 1. The molecule has 0 bridgehead atoms. The second-order valence-electron chi connectivity index (χ2n) is 4.33. The molecule has 2 atom stereocenters. The van der Waals surface area contributed by atoms with E-state index in [1.54, 1.807) is 4.90 Å². The predicted molar refractivity (Wildman–Crippen MR) is 62.6 cm³/mol. The minimum absolute atomic E-state index is 0.355. The van der Waals surface area contributed by atoms with Crippen LogP contribution >= 0.6 is 11.8 Å². The lowest BCUT2D eigenvalue weighted by molar-refractivity contribution is -0.108. The van der Waals surface area contributed by atoms with Gasteiger partial charge in [-0.1, -0.05) is 23.9 Å². The number of para-hydroxylation sites is 1. The first-order valence-corrected chi connectivity index (χ1v) is 6.31. The van der Waals surface area contributed by atoms with Crippen LogP contribution < -0.4 is 4.90 Å². The third-order valence-corrected chi connectivity index (χ3v) is 4.94. The highest BCUT2D eigenvalue weighted by Crippen LogP contribution is 2.59. The van der Waals surface area contributed by atoms with Crippen molar-refractivity contribution in [2.45, 2.75) is 35.1 Å². The third-order valence-electron chi connectivity index (χ3n) is 3.45. The lowest BCUT2D eigenvalue weighted by Crippen LogP contribution is -2.47. The maximum Gasteiger partial charge on any atom is 0.271 e. The van der Waals surface area contributed by atoms with Crippen LogP contribution in [0.3, 0.4) is 0 Å². The molecule has 3 rings (SSSR count). The molecule has 5 heteroatoms. The lowest BCUT2D eigenvalue weighted by atomic mass is 10.2. The first-order chi connectivity index (χ1) is 8.19. The molecular weight excluding hydrogens is 244 g/mol. The van der Waals surface area contributed by atoms with Gasteiger partial charge in [-0.2, -0.15) is 0 Å². The number of nitrogens with zero attached hydrogens (tertiary/aromatic N) is 1. The average molecular weight is 255 g/mol. The first-order valence-electron chi connectivity index (χ1n) is 5.50. The molecule has 0 saturated carbocycles. The number of halogens is 2. The van der Waals surface area contributed by atoms with Crippen molar-refractivity contribution in [3.05, 3.63) is 24.3 Å². The number of aldehydes is 1. The monoisotopic (exact) mass is 255 g/mol. The minimum Gasteiger partial charge on any atom is -0.341 e. The van der Waals surface area contributed by atoms with Gasteiger partial charge in [0.2, 0.25) is 0 Å². The highest BCUT2D eigenvalue weighted by Gasteiger charge is 2.57. The van der Waals surface area contributed by atoms with Crippen LogP contribution in [-0.2, 0) is 4.79 Å². The third kappa shape index (κ3) is 1.35. The maximum atomic E-state index is 13.4. The van der Waals surface area contributed by atoms with E-state index in [9.17, 15) is 13.6 Å². The van der Waals surface area contributed by atoms with Crippen molar-refractivity contribution in [1.82, 2.24) is 0 Å². The largest absolute Gasteiger partial charge is 0.341 e. The van der Waals surface area contributed by atoms with Crippen LogP contribution in [-0.4, -0.2) is 23.6 Å². The van der Waals surface area contributed by atoms with Crippen LogP contribution in [0.5, 0.6) is 0 Å². The maximum absolute atomic E-state index is 13.4. The van der Waals surface area contributed by atoms with Crippen molar-refractivity contribution in [1.29, 1.82) is 0 Å². The van der Waals surface area contributed by atoms with Gasteiger partial charge in [0.05, 0.1) is 11.7 Å². The van der Waals surface area contributed by atoms with Gasteiger partial charge < -0.3 is 9.69 Å². The van der Waals surface area contributed by atoms with Gasteiger partial charge >= 0.3 is 0 Å². The smallest absolute Gasteiger partial charge is 0.271 e. The van der Waals surface area contributed by atoms with Gasteiger partial charge in [0.15, 0.2) is 4.87 Å².